The molecule has 0 unspecified atom stereocenters. The Morgan fingerprint density at radius 3 is 3.12 bits per heavy atom. The van der Waals surface area contributed by atoms with Crippen molar-refractivity contribution in [2.45, 2.75) is 0 Å². The number of nitrogens with zero attached hydrogens (tertiary/aromatic N) is 2. The molecule has 2 heterocycles. The number of hydrazine groups is 1. The van der Waals surface area contributed by atoms with Gasteiger partial charge < -0.3 is 0 Å². The van der Waals surface area contributed by atoms with Crippen LogP contribution in [0.25, 0.3) is 0 Å². The van der Waals surface area contributed by atoms with Crippen molar-refractivity contribution in [1.82, 2.24) is 10.0 Å². The Morgan fingerprint density at radius 1 is 1.25 bits per heavy atom. The van der Waals surface area contributed by atoms with Gasteiger partial charge in [-0.2, -0.15) is 0 Å². The lowest BCUT2D eigenvalue weighted by molar-refractivity contribution is 0.172. The van der Waals surface area contributed by atoms with Crippen LogP contribution in [0, 0.1) is 6.54 Å². The second kappa shape index (κ2) is 1.36. The molecule has 0 N–H and O–H groups in total. The number of hydrogen-bond donors (Lipinski definition) is 0. The molecule has 0 fully saturated rings. The van der Waals surface area contributed by atoms with E-state index in [1.165, 1.54) is 0 Å². The molecule has 0 amide bonds. The molecule has 0 saturated heterocycles. The fourth-order valence-electron chi connectivity index (χ4n) is 0.942. The molecule has 0 bridgehead atoms. The van der Waals surface area contributed by atoms with E-state index < -0.39 is 0 Å². The highest BCUT2D eigenvalue weighted by Gasteiger charge is 2.15. The minimum absolute atomic E-state index is 1.02. The smallest absolute Gasteiger partial charge is 0.0708 e. The summed E-state index contributed by atoms with van der Waals surface area (Å²) >= 11 is 0. The Kier molecular flexibility index (Phi) is 0.704. The summed E-state index contributed by atoms with van der Waals surface area (Å²) in [6.07, 6.45) is 8.24. The van der Waals surface area contributed by atoms with Gasteiger partial charge in [-0.3, -0.25) is 5.01 Å². The fraction of sp³-hybridized carbons (Fsp3) is 0.167. The van der Waals surface area contributed by atoms with E-state index in [0.717, 1.165) is 6.54 Å². The maximum absolute atomic E-state index is 2.12. The lowest BCUT2D eigenvalue weighted by Crippen LogP contribution is -2.23. The van der Waals surface area contributed by atoms with Crippen molar-refractivity contribution in [2.24, 2.45) is 0 Å². The van der Waals surface area contributed by atoms with Gasteiger partial charge in [0.2, 0.25) is 0 Å². The molecule has 2 rings (SSSR count). The van der Waals surface area contributed by atoms with E-state index in [1.807, 2.05) is 12.3 Å². The van der Waals surface area contributed by atoms with Gasteiger partial charge >= 0.3 is 0 Å². The molecule has 0 saturated carbocycles. The van der Waals surface area contributed by atoms with E-state index in [4.69, 9.17) is 0 Å². The first-order valence-electron chi connectivity index (χ1n) is 2.70. The van der Waals surface area contributed by atoms with Gasteiger partial charge in [-0.25, -0.2) is 5.01 Å². The molecule has 0 aromatic heterocycles. The van der Waals surface area contributed by atoms with Gasteiger partial charge in [-0.1, -0.05) is 6.08 Å². The predicted molar refractivity (Wildman–Crippen MR) is 31.1 cm³/mol. The van der Waals surface area contributed by atoms with Crippen molar-refractivity contribution >= 4 is 0 Å². The van der Waals surface area contributed by atoms with Crippen LogP contribution in [0.4, 0.5) is 0 Å². The van der Waals surface area contributed by atoms with Crippen molar-refractivity contribution in [3.63, 3.8) is 0 Å². The largest absolute Gasteiger partial charge is 0.289 e. The maximum Gasteiger partial charge on any atom is 0.0708 e. The zero-order chi connectivity index (χ0) is 5.40. The lowest BCUT2D eigenvalue weighted by Gasteiger charge is -2.17. The van der Waals surface area contributed by atoms with Crippen LogP contribution in [0.2, 0.25) is 0 Å². The van der Waals surface area contributed by atoms with Gasteiger partial charge in [0.05, 0.1) is 6.54 Å². The Morgan fingerprint density at radius 2 is 2.25 bits per heavy atom. The summed E-state index contributed by atoms with van der Waals surface area (Å²) in [5.41, 5.74) is 0. The zero-order valence-electron chi connectivity index (χ0n) is 4.49. The lowest BCUT2D eigenvalue weighted by atomic mass is 10.5. The van der Waals surface area contributed by atoms with E-state index in [0.29, 0.717) is 0 Å². The number of hydrogen-bond acceptors (Lipinski definition) is 2. The van der Waals surface area contributed by atoms with Crippen LogP contribution < -0.4 is 0 Å². The molecule has 0 aromatic rings. The maximum atomic E-state index is 2.12. The van der Waals surface area contributed by atoms with Crippen LogP contribution in [0.3, 0.4) is 0 Å². The Bertz CT molecular complexity index is 133. The molecule has 0 atom stereocenters. The Balaban J connectivity index is 2.22. The second-order valence-electron chi connectivity index (χ2n) is 1.88. The van der Waals surface area contributed by atoms with E-state index in [2.05, 4.69) is 28.8 Å². The highest BCUT2D eigenvalue weighted by Crippen LogP contribution is 2.15. The summed E-state index contributed by atoms with van der Waals surface area (Å²) in [5, 5.41) is 4.18. The summed E-state index contributed by atoms with van der Waals surface area (Å²) < 4.78 is 0. The molecule has 0 spiro atoms. The van der Waals surface area contributed by atoms with Crippen molar-refractivity contribution in [3.8, 4) is 0 Å². The quantitative estimate of drug-likeness (QED) is 0.450. The Labute approximate surface area is 48.7 Å². The van der Waals surface area contributed by atoms with Gasteiger partial charge in [0.15, 0.2) is 0 Å². The molecule has 1 radical (unpaired) electrons. The molecule has 2 nitrogen and oxygen atoms in total. The molecular formula is C6H7N2. The third-order valence-electron chi connectivity index (χ3n) is 1.34. The van der Waals surface area contributed by atoms with Gasteiger partial charge in [0.25, 0.3) is 0 Å². The average molecular weight is 107 g/mol. The van der Waals surface area contributed by atoms with E-state index >= 15 is 0 Å². The SMILES string of the molecule is [CH]1C=CN2C=CCN12. The fourth-order valence-corrected chi connectivity index (χ4v) is 0.942. The summed E-state index contributed by atoms with van der Waals surface area (Å²) in [7, 11) is 0. The van der Waals surface area contributed by atoms with Gasteiger partial charge in [-0.05, 0) is 6.08 Å². The summed E-state index contributed by atoms with van der Waals surface area (Å²) in [6.45, 7) is 3.08. The van der Waals surface area contributed by atoms with E-state index in [1.54, 1.807) is 0 Å². The summed E-state index contributed by atoms with van der Waals surface area (Å²) in [6, 6.07) is 0. The molecule has 2 heteroatoms. The van der Waals surface area contributed by atoms with Gasteiger partial charge in [0.1, 0.15) is 0 Å². The van der Waals surface area contributed by atoms with Crippen molar-refractivity contribution in [1.29, 1.82) is 0 Å². The topological polar surface area (TPSA) is 6.48 Å². The van der Waals surface area contributed by atoms with E-state index in [9.17, 15) is 0 Å². The van der Waals surface area contributed by atoms with Gasteiger partial charge in [-0.15, -0.1) is 0 Å². The van der Waals surface area contributed by atoms with Crippen molar-refractivity contribution in [3.05, 3.63) is 31.1 Å². The van der Waals surface area contributed by atoms with Crippen molar-refractivity contribution < 1.29 is 0 Å². The standard InChI is InChI=1S/C6H7N2/c1-3-7-5-2-6-8(7)4-1/h1-5H,6H2. The van der Waals surface area contributed by atoms with Crippen LogP contribution in [0.15, 0.2) is 24.6 Å². The van der Waals surface area contributed by atoms with Crippen LogP contribution in [0.5, 0.6) is 0 Å². The highest BCUT2D eigenvalue weighted by molar-refractivity contribution is 5.10. The molecule has 2 aliphatic rings. The number of rotatable bonds is 0. The van der Waals surface area contributed by atoms with Crippen molar-refractivity contribution in [2.75, 3.05) is 6.54 Å². The minimum Gasteiger partial charge on any atom is -0.289 e. The molecule has 2 aliphatic heterocycles. The van der Waals surface area contributed by atoms with Crippen LogP contribution in [-0.4, -0.2) is 16.6 Å². The molecule has 41 valence electrons. The van der Waals surface area contributed by atoms with Crippen LogP contribution >= 0.6 is 0 Å². The van der Waals surface area contributed by atoms with Gasteiger partial charge in [0, 0.05) is 18.9 Å². The minimum atomic E-state index is 1.02. The molecule has 8 heavy (non-hydrogen) atoms. The van der Waals surface area contributed by atoms with E-state index in [-0.39, 0.29) is 0 Å². The summed E-state index contributed by atoms with van der Waals surface area (Å²) in [5.74, 6) is 0. The zero-order valence-corrected chi connectivity index (χ0v) is 4.49. The average Bonchev–Trinajstić information content (AvgIpc) is 2.15. The molecule has 0 aromatic carbocycles. The normalized spacial score (nSPS) is 25.2. The third-order valence-corrected chi connectivity index (χ3v) is 1.34. The first-order chi connectivity index (χ1) is 3.97. The predicted octanol–water partition coefficient (Wildman–Crippen LogP) is 0.722. The monoisotopic (exact) mass is 107 g/mol. The first-order valence-corrected chi connectivity index (χ1v) is 2.70. The summed E-state index contributed by atoms with van der Waals surface area (Å²) in [4.78, 5) is 0. The highest BCUT2D eigenvalue weighted by atomic mass is 15.6. The molecular weight excluding hydrogens is 100 g/mol. The molecule has 0 aliphatic carbocycles. The van der Waals surface area contributed by atoms with Crippen LogP contribution in [0.1, 0.15) is 0 Å². The Hall–Kier alpha value is -0.760. The first kappa shape index (κ1) is 4.15. The number of fused-ring (bicyclic) bond motifs is 1. The second-order valence-corrected chi connectivity index (χ2v) is 1.88. The van der Waals surface area contributed by atoms with Crippen LogP contribution in [-0.2, 0) is 0 Å². The third kappa shape index (κ3) is 0.406.